The Balaban J connectivity index is 1.86. The van der Waals surface area contributed by atoms with E-state index < -0.39 is 0 Å². The number of ether oxygens (including phenoxy) is 1. The third-order valence-corrected chi connectivity index (χ3v) is 3.27. The van der Waals surface area contributed by atoms with Gasteiger partial charge in [-0.3, -0.25) is 0 Å². The van der Waals surface area contributed by atoms with Gasteiger partial charge in [-0.15, -0.1) is 0 Å². The lowest BCUT2D eigenvalue weighted by Crippen LogP contribution is -2.40. The van der Waals surface area contributed by atoms with Crippen LogP contribution in [0.3, 0.4) is 0 Å². The summed E-state index contributed by atoms with van der Waals surface area (Å²) in [7, 11) is 0. The fourth-order valence-electron chi connectivity index (χ4n) is 2.07. The van der Waals surface area contributed by atoms with Gasteiger partial charge in [0, 0.05) is 19.2 Å². The fourth-order valence-corrected chi connectivity index (χ4v) is 2.07. The van der Waals surface area contributed by atoms with Gasteiger partial charge in [-0.2, -0.15) is 0 Å². The van der Waals surface area contributed by atoms with Crippen LogP contribution >= 0.6 is 0 Å². The van der Waals surface area contributed by atoms with Crippen LogP contribution in [0.5, 0.6) is 11.5 Å². The molecule has 0 aromatic heterocycles. The molecule has 0 aliphatic heterocycles. The van der Waals surface area contributed by atoms with Gasteiger partial charge in [0.25, 0.3) is 0 Å². The van der Waals surface area contributed by atoms with E-state index in [-0.39, 0.29) is 18.7 Å². The highest BCUT2D eigenvalue weighted by Crippen LogP contribution is 2.21. The quantitative estimate of drug-likeness (QED) is 0.735. The zero-order chi connectivity index (χ0) is 16.5. The SMILES string of the molecule is C[C@H](CCO)NC(=O)NCc1cccc(Oc2ccccc2)c1. The van der Waals surface area contributed by atoms with Crippen molar-refractivity contribution >= 4 is 6.03 Å². The maximum atomic E-state index is 11.7. The van der Waals surface area contributed by atoms with E-state index in [2.05, 4.69) is 10.6 Å². The highest BCUT2D eigenvalue weighted by atomic mass is 16.5. The van der Waals surface area contributed by atoms with E-state index in [4.69, 9.17) is 9.84 Å². The molecular weight excluding hydrogens is 292 g/mol. The summed E-state index contributed by atoms with van der Waals surface area (Å²) in [6.45, 7) is 2.31. The topological polar surface area (TPSA) is 70.6 Å². The molecule has 2 aromatic rings. The second kappa shape index (κ2) is 8.80. The summed E-state index contributed by atoms with van der Waals surface area (Å²) in [6, 6.07) is 16.8. The van der Waals surface area contributed by atoms with Gasteiger partial charge < -0.3 is 20.5 Å². The van der Waals surface area contributed by atoms with E-state index in [1.165, 1.54) is 0 Å². The van der Waals surface area contributed by atoms with E-state index in [0.29, 0.717) is 13.0 Å². The first-order chi connectivity index (χ1) is 11.2. The van der Waals surface area contributed by atoms with Crippen LogP contribution in [-0.2, 0) is 6.54 Å². The molecule has 0 saturated heterocycles. The number of nitrogens with one attached hydrogen (secondary N) is 2. The molecule has 0 saturated carbocycles. The summed E-state index contributed by atoms with van der Waals surface area (Å²) in [4.78, 5) is 11.7. The van der Waals surface area contributed by atoms with Crippen molar-refractivity contribution in [2.24, 2.45) is 0 Å². The first-order valence-corrected chi connectivity index (χ1v) is 7.64. The molecule has 0 fully saturated rings. The molecule has 3 N–H and O–H groups in total. The van der Waals surface area contributed by atoms with Gasteiger partial charge in [-0.05, 0) is 43.2 Å². The van der Waals surface area contributed by atoms with E-state index in [1.807, 2.05) is 61.5 Å². The number of aliphatic hydroxyl groups excluding tert-OH is 1. The number of para-hydroxylation sites is 1. The third kappa shape index (κ3) is 6.00. The van der Waals surface area contributed by atoms with Gasteiger partial charge in [-0.1, -0.05) is 30.3 Å². The first-order valence-electron chi connectivity index (χ1n) is 7.64. The molecule has 2 amide bonds. The Morgan fingerprint density at radius 3 is 2.61 bits per heavy atom. The maximum absolute atomic E-state index is 11.7. The molecule has 0 aliphatic rings. The molecular formula is C18H22N2O3. The highest BCUT2D eigenvalue weighted by molar-refractivity contribution is 5.74. The van der Waals surface area contributed by atoms with Crippen molar-refractivity contribution in [2.45, 2.75) is 25.9 Å². The Kier molecular flexibility index (Phi) is 6.44. The molecule has 2 aromatic carbocycles. The largest absolute Gasteiger partial charge is 0.457 e. The second-order valence-electron chi connectivity index (χ2n) is 5.30. The van der Waals surface area contributed by atoms with Gasteiger partial charge in [0.1, 0.15) is 11.5 Å². The van der Waals surface area contributed by atoms with Crippen LogP contribution in [0.25, 0.3) is 0 Å². The molecule has 23 heavy (non-hydrogen) atoms. The number of urea groups is 1. The van der Waals surface area contributed by atoms with Crippen LogP contribution < -0.4 is 15.4 Å². The smallest absolute Gasteiger partial charge is 0.315 e. The van der Waals surface area contributed by atoms with Crippen molar-refractivity contribution in [3.8, 4) is 11.5 Å². The van der Waals surface area contributed by atoms with Gasteiger partial charge in [0.15, 0.2) is 0 Å². The lowest BCUT2D eigenvalue weighted by atomic mass is 10.2. The first kappa shape index (κ1) is 16.8. The monoisotopic (exact) mass is 314 g/mol. The van der Waals surface area contributed by atoms with E-state index in [1.54, 1.807) is 0 Å². The minimum Gasteiger partial charge on any atom is -0.457 e. The lowest BCUT2D eigenvalue weighted by Gasteiger charge is -2.13. The number of amides is 2. The molecule has 1 atom stereocenters. The van der Waals surface area contributed by atoms with E-state index >= 15 is 0 Å². The molecule has 0 aliphatic carbocycles. The number of rotatable bonds is 7. The fraction of sp³-hybridized carbons (Fsp3) is 0.278. The predicted molar refractivity (Wildman–Crippen MR) is 89.5 cm³/mol. The second-order valence-corrected chi connectivity index (χ2v) is 5.30. The average Bonchev–Trinajstić information content (AvgIpc) is 2.54. The zero-order valence-electron chi connectivity index (χ0n) is 13.2. The molecule has 2 rings (SSSR count). The number of benzene rings is 2. The predicted octanol–water partition coefficient (Wildman–Crippen LogP) is 3.05. The third-order valence-electron chi connectivity index (χ3n) is 3.27. The molecule has 122 valence electrons. The number of hydrogen-bond donors (Lipinski definition) is 3. The van der Waals surface area contributed by atoms with E-state index in [0.717, 1.165) is 17.1 Å². The van der Waals surface area contributed by atoms with Gasteiger partial charge >= 0.3 is 6.03 Å². The summed E-state index contributed by atoms with van der Waals surface area (Å²) >= 11 is 0. The Bertz CT molecular complexity index is 617. The maximum Gasteiger partial charge on any atom is 0.315 e. The Morgan fingerprint density at radius 1 is 1.13 bits per heavy atom. The molecule has 0 radical (unpaired) electrons. The summed E-state index contributed by atoms with van der Waals surface area (Å²) in [5.74, 6) is 1.50. The zero-order valence-corrected chi connectivity index (χ0v) is 13.2. The van der Waals surface area contributed by atoms with Crippen molar-refractivity contribution in [3.05, 3.63) is 60.2 Å². The lowest BCUT2D eigenvalue weighted by molar-refractivity contribution is 0.230. The molecule has 0 heterocycles. The van der Waals surface area contributed by atoms with Crippen LogP contribution in [0.1, 0.15) is 18.9 Å². The summed E-state index contributed by atoms with van der Waals surface area (Å²) in [5, 5.41) is 14.4. The van der Waals surface area contributed by atoms with Crippen LogP contribution in [0.4, 0.5) is 4.79 Å². The molecule has 0 spiro atoms. The van der Waals surface area contributed by atoms with E-state index in [9.17, 15) is 4.79 Å². The molecule has 5 nitrogen and oxygen atoms in total. The Morgan fingerprint density at radius 2 is 1.87 bits per heavy atom. The average molecular weight is 314 g/mol. The van der Waals surface area contributed by atoms with Crippen LogP contribution in [0, 0.1) is 0 Å². The van der Waals surface area contributed by atoms with Crippen LogP contribution in [0.15, 0.2) is 54.6 Å². The Hall–Kier alpha value is -2.53. The summed E-state index contributed by atoms with van der Waals surface area (Å²) in [6.07, 6.45) is 0.536. The van der Waals surface area contributed by atoms with Gasteiger partial charge in [0.2, 0.25) is 0 Å². The van der Waals surface area contributed by atoms with Gasteiger partial charge in [-0.25, -0.2) is 4.79 Å². The number of carbonyl (C=O) groups is 1. The normalized spacial score (nSPS) is 11.6. The minimum atomic E-state index is -0.250. The number of hydrogen-bond acceptors (Lipinski definition) is 3. The van der Waals surface area contributed by atoms with Crippen molar-refractivity contribution in [1.82, 2.24) is 10.6 Å². The highest BCUT2D eigenvalue weighted by Gasteiger charge is 2.06. The van der Waals surface area contributed by atoms with Crippen molar-refractivity contribution < 1.29 is 14.6 Å². The minimum absolute atomic E-state index is 0.0559. The standard InChI is InChI=1S/C18H22N2O3/c1-14(10-11-21)20-18(22)19-13-15-6-5-9-17(12-15)23-16-7-3-2-4-8-16/h2-9,12,14,21H,10-11,13H2,1H3,(H2,19,20,22)/t14-/m1/s1. The molecule has 0 bridgehead atoms. The van der Waals surface area contributed by atoms with Crippen molar-refractivity contribution in [2.75, 3.05) is 6.61 Å². The van der Waals surface area contributed by atoms with Crippen LogP contribution in [0.2, 0.25) is 0 Å². The summed E-state index contributed by atoms with van der Waals surface area (Å²) in [5.41, 5.74) is 0.948. The Labute approximate surface area is 136 Å². The van der Waals surface area contributed by atoms with Gasteiger partial charge in [0.05, 0.1) is 0 Å². The molecule has 5 heteroatoms. The molecule has 0 unspecified atom stereocenters. The van der Waals surface area contributed by atoms with Crippen molar-refractivity contribution in [1.29, 1.82) is 0 Å². The number of aliphatic hydroxyl groups is 1. The number of carbonyl (C=O) groups excluding carboxylic acids is 1. The van der Waals surface area contributed by atoms with Crippen molar-refractivity contribution in [3.63, 3.8) is 0 Å². The van der Waals surface area contributed by atoms with Crippen LogP contribution in [-0.4, -0.2) is 23.8 Å². The summed E-state index contributed by atoms with van der Waals surface area (Å²) < 4.78 is 5.77.